The minimum absolute atomic E-state index is 0.290. The smallest absolute Gasteiger partial charge is 0.335 e. The Morgan fingerprint density at radius 1 is 1.28 bits per heavy atom. The van der Waals surface area contributed by atoms with Crippen LogP contribution in [0.25, 0.3) is 0 Å². The normalized spacial score (nSPS) is 12.1. The van der Waals surface area contributed by atoms with Crippen molar-refractivity contribution in [3.63, 3.8) is 0 Å². The quantitative estimate of drug-likeness (QED) is 0.710. The fourth-order valence-electron chi connectivity index (χ4n) is 1.76. The van der Waals surface area contributed by atoms with Gasteiger partial charge in [0.15, 0.2) is 0 Å². The van der Waals surface area contributed by atoms with Gasteiger partial charge in [0.05, 0.1) is 12.2 Å². The lowest BCUT2D eigenvalue weighted by molar-refractivity contribution is 0.0697. The van der Waals surface area contributed by atoms with Crippen molar-refractivity contribution in [3.05, 3.63) is 29.8 Å². The second-order valence-electron chi connectivity index (χ2n) is 4.74. The molecule has 3 heteroatoms. The Balaban J connectivity index is 2.32. The minimum Gasteiger partial charge on any atom is -0.493 e. The van der Waals surface area contributed by atoms with Crippen molar-refractivity contribution in [2.24, 2.45) is 5.92 Å². The summed E-state index contributed by atoms with van der Waals surface area (Å²) in [5.74, 6) is 0.368. The summed E-state index contributed by atoms with van der Waals surface area (Å²) in [6.07, 6.45) is 4.95. The van der Waals surface area contributed by atoms with Gasteiger partial charge in [0.25, 0.3) is 0 Å². The van der Waals surface area contributed by atoms with Crippen LogP contribution < -0.4 is 4.74 Å². The van der Waals surface area contributed by atoms with E-state index in [-0.39, 0.29) is 0 Å². The number of carboxylic acid groups (broad SMARTS) is 1. The lowest BCUT2D eigenvalue weighted by atomic mass is 10.0. The van der Waals surface area contributed by atoms with Crippen LogP contribution in [-0.4, -0.2) is 17.7 Å². The largest absolute Gasteiger partial charge is 0.493 e. The van der Waals surface area contributed by atoms with Crippen molar-refractivity contribution >= 4 is 5.97 Å². The zero-order valence-corrected chi connectivity index (χ0v) is 11.2. The van der Waals surface area contributed by atoms with Crippen LogP contribution in [0, 0.1) is 5.92 Å². The highest BCUT2D eigenvalue weighted by Crippen LogP contribution is 2.15. The molecule has 18 heavy (non-hydrogen) atoms. The van der Waals surface area contributed by atoms with Gasteiger partial charge in [-0.3, -0.25) is 0 Å². The standard InChI is InChI=1S/C15H22O3/c1-3-4-5-6-12(2)11-18-14-9-7-13(8-10-14)15(16)17/h7-10,12H,3-6,11H2,1-2H3,(H,16,17). The topological polar surface area (TPSA) is 46.5 Å². The van der Waals surface area contributed by atoms with Crippen molar-refractivity contribution in [2.45, 2.75) is 39.5 Å². The number of carboxylic acids is 1. The first-order valence-corrected chi connectivity index (χ1v) is 6.59. The molecule has 0 bridgehead atoms. The second kappa shape index (κ2) is 7.75. The van der Waals surface area contributed by atoms with Gasteiger partial charge in [0.1, 0.15) is 5.75 Å². The van der Waals surface area contributed by atoms with E-state index in [1.807, 2.05) is 0 Å². The Bertz CT molecular complexity index is 357. The van der Waals surface area contributed by atoms with Crippen molar-refractivity contribution in [3.8, 4) is 5.75 Å². The van der Waals surface area contributed by atoms with E-state index in [0.29, 0.717) is 18.1 Å². The molecule has 0 aliphatic rings. The highest BCUT2D eigenvalue weighted by Gasteiger charge is 2.05. The summed E-state index contributed by atoms with van der Waals surface area (Å²) in [5.41, 5.74) is 0.290. The van der Waals surface area contributed by atoms with Gasteiger partial charge in [-0.25, -0.2) is 4.79 Å². The highest BCUT2D eigenvalue weighted by molar-refractivity contribution is 5.87. The van der Waals surface area contributed by atoms with Gasteiger partial charge in [-0.05, 0) is 36.6 Å². The molecule has 1 unspecified atom stereocenters. The second-order valence-corrected chi connectivity index (χ2v) is 4.74. The molecule has 0 spiro atoms. The Morgan fingerprint density at radius 2 is 1.94 bits per heavy atom. The fraction of sp³-hybridized carbons (Fsp3) is 0.533. The van der Waals surface area contributed by atoms with E-state index in [0.717, 1.165) is 5.75 Å². The lowest BCUT2D eigenvalue weighted by Crippen LogP contribution is -2.08. The summed E-state index contributed by atoms with van der Waals surface area (Å²) >= 11 is 0. The average Bonchev–Trinajstić information content (AvgIpc) is 2.37. The molecular weight excluding hydrogens is 228 g/mol. The van der Waals surface area contributed by atoms with Crippen LogP contribution in [0.2, 0.25) is 0 Å². The number of hydrogen-bond acceptors (Lipinski definition) is 2. The first kappa shape index (κ1) is 14.6. The molecule has 1 aromatic carbocycles. The van der Waals surface area contributed by atoms with E-state index in [4.69, 9.17) is 9.84 Å². The molecule has 0 saturated heterocycles. The maximum Gasteiger partial charge on any atom is 0.335 e. The molecule has 1 aromatic rings. The number of benzene rings is 1. The summed E-state index contributed by atoms with van der Waals surface area (Å²) in [6, 6.07) is 6.56. The SMILES string of the molecule is CCCCCC(C)COc1ccc(C(=O)O)cc1. The predicted octanol–water partition coefficient (Wildman–Crippen LogP) is 3.98. The third-order valence-electron chi connectivity index (χ3n) is 2.94. The van der Waals surface area contributed by atoms with Crippen molar-refractivity contribution in [2.75, 3.05) is 6.61 Å². The van der Waals surface area contributed by atoms with Gasteiger partial charge in [0, 0.05) is 0 Å². The van der Waals surface area contributed by atoms with Gasteiger partial charge in [-0.1, -0.05) is 33.1 Å². The van der Waals surface area contributed by atoms with Crippen molar-refractivity contribution in [1.29, 1.82) is 0 Å². The van der Waals surface area contributed by atoms with Crippen LogP contribution in [-0.2, 0) is 0 Å². The number of aromatic carboxylic acids is 1. The third kappa shape index (κ3) is 5.21. The summed E-state index contributed by atoms with van der Waals surface area (Å²) in [7, 11) is 0. The number of hydrogen-bond donors (Lipinski definition) is 1. The molecule has 0 aliphatic carbocycles. The Kier molecular flexibility index (Phi) is 6.26. The van der Waals surface area contributed by atoms with Gasteiger partial charge < -0.3 is 9.84 Å². The zero-order chi connectivity index (χ0) is 13.4. The summed E-state index contributed by atoms with van der Waals surface area (Å²) in [5, 5.41) is 8.77. The molecule has 1 rings (SSSR count). The molecule has 1 N–H and O–H groups in total. The van der Waals surface area contributed by atoms with Gasteiger partial charge in [-0.15, -0.1) is 0 Å². The van der Waals surface area contributed by atoms with Gasteiger partial charge >= 0.3 is 5.97 Å². The highest BCUT2D eigenvalue weighted by atomic mass is 16.5. The molecule has 0 heterocycles. The molecule has 100 valence electrons. The number of ether oxygens (including phenoxy) is 1. The van der Waals surface area contributed by atoms with E-state index >= 15 is 0 Å². The first-order chi connectivity index (χ1) is 8.63. The maximum atomic E-state index is 10.7. The third-order valence-corrected chi connectivity index (χ3v) is 2.94. The molecule has 0 saturated carbocycles. The predicted molar refractivity (Wildman–Crippen MR) is 72.2 cm³/mol. The molecular formula is C15H22O3. The van der Waals surface area contributed by atoms with Gasteiger partial charge in [0.2, 0.25) is 0 Å². The lowest BCUT2D eigenvalue weighted by Gasteiger charge is -2.12. The maximum absolute atomic E-state index is 10.7. The van der Waals surface area contributed by atoms with Crippen molar-refractivity contribution < 1.29 is 14.6 Å². The molecule has 0 radical (unpaired) electrons. The van der Waals surface area contributed by atoms with E-state index in [1.165, 1.54) is 25.7 Å². The first-order valence-electron chi connectivity index (χ1n) is 6.59. The molecule has 3 nitrogen and oxygen atoms in total. The van der Waals surface area contributed by atoms with E-state index in [9.17, 15) is 4.79 Å². The average molecular weight is 250 g/mol. The number of rotatable bonds is 8. The fourth-order valence-corrected chi connectivity index (χ4v) is 1.76. The Morgan fingerprint density at radius 3 is 2.50 bits per heavy atom. The monoisotopic (exact) mass is 250 g/mol. The van der Waals surface area contributed by atoms with E-state index < -0.39 is 5.97 Å². The van der Waals surface area contributed by atoms with Crippen LogP contribution >= 0.6 is 0 Å². The Hall–Kier alpha value is -1.51. The van der Waals surface area contributed by atoms with Crippen LogP contribution in [0.3, 0.4) is 0 Å². The van der Waals surface area contributed by atoms with E-state index in [1.54, 1.807) is 24.3 Å². The molecule has 0 aliphatic heterocycles. The molecule has 0 fully saturated rings. The summed E-state index contributed by atoms with van der Waals surface area (Å²) in [6.45, 7) is 5.07. The summed E-state index contributed by atoms with van der Waals surface area (Å²) in [4.78, 5) is 10.7. The molecule has 1 atom stereocenters. The molecule has 0 amide bonds. The zero-order valence-electron chi connectivity index (χ0n) is 11.2. The van der Waals surface area contributed by atoms with Crippen LogP contribution in [0.15, 0.2) is 24.3 Å². The Labute approximate surface area is 109 Å². The summed E-state index contributed by atoms with van der Waals surface area (Å²) < 4.78 is 5.64. The van der Waals surface area contributed by atoms with Crippen LogP contribution in [0.5, 0.6) is 5.75 Å². The molecule has 0 aromatic heterocycles. The number of carbonyl (C=O) groups is 1. The number of unbranched alkanes of at least 4 members (excludes halogenated alkanes) is 2. The minimum atomic E-state index is -0.908. The van der Waals surface area contributed by atoms with Gasteiger partial charge in [-0.2, -0.15) is 0 Å². The van der Waals surface area contributed by atoms with Crippen LogP contribution in [0.1, 0.15) is 49.9 Å². The van der Waals surface area contributed by atoms with Crippen molar-refractivity contribution in [1.82, 2.24) is 0 Å². The van der Waals surface area contributed by atoms with Crippen LogP contribution in [0.4, 0.5) is 0 Å². The van der Waals surface area contributed by atoms with E-state index in [2.05, 4.69) is 13.8 Å².